The van der Waals surface area contributed by atoms with Crippen LogP contribution in [-0.4, -0.2) is 15.8 Å². The minimum atomic E-state index is -0.576. The second kappa shape index (κ2) is 3.83. The van der Waals surface area contributed by atoms with Crippen molar-refractivity contribution in [2.24, 2.45) is 5.73 Å². The third-order valence-corrected chi connectivity index (χ3v) is 1.88. The van der Waals surface area contributed by atoms with E-state index in [2.05, 4.69) is 10.4 Å². The van der Waals surface area contributed by atoms with E-state index in [1.807, 2.05) is 24.4 Å². The minimum absolute atomic E-state index is 0.576. The van der Waals surface area contributed by atoms with E-state index >= 15 is 0 Å². The van der Waals surface area contributed by atoms with Crippen molar-refractivity contribution in [1.29, 1.82) is 0 Å². The highest BCUT2D eigenvalue weighted by Gasteiger charge is 1.99. The smallest absolute Gasteiger partial charge is 0.316 e. The zero-order valence-electron chi connectivity index (χ0n) is 7.92. The fourth-order valence-electron chi connectivity index (χ4n) is 1.29. The molecule has 0 saturated carbocycles. The van der Waals surface area contributed by atoms with Crippen LogP contribution in [0.3, 0.4) is 0 Å². The number of urea groups is 1. The van der Waals surface area contributed by atoms with Crippen LogP contribution in [-0.2, 0) is 0 Å². The Labute approximate surface area is 86.5 Å². The number of nitrogens with one attached hydrogen (secondary N) is 1. The first-order valence-electron chi connectivity index (χ1n) is 4.42. The summed E-state index contributed by atoms with van der Waals surface area (Å²) in [6.07, 6.45) is 3.51. The molecule has 2 aromatic rings. The normalized spacial score (nSPS) is 9.87. The van der Waals surface area contributed by atoms with Gasteiger partial charge in [0.05, 0.1) is 5.69 Å². The van der Waals surface area contributed by atoms with Gasteiger partial charge in [-0.15, -0.1) is 0 Å². The van der Waals surface area contributed by atoms with E-state index in [1.54, 1.807) is 23.0 Å². The molecule has 2 amide bonds. The number of carbonyl (C=O) groups is 1. The van der Waals surface area contributed by atoms with Crippen molar-refractivity contribution in [3.63, 3.8) is 0 Å². The number of anilines is 1. The number of hydrogen-bond acceptors (Lipinski definition) is 2. The molecule has 0 bridgehead atoms. The fourth-order valence-corrected chi connectivity index (χ4v) is 1.29. The van der Waals surface area contributed by atoms with Crippen molar-refractivity contribution in [3.8, 4) is 5.69 Å². The summed E-state index contributed by atoms with van der Waals surface area (Å²) >= 11 is 0. The van der Waals surface area contributed by atoms with Crippen LogP contribution in [0.1, 0.15) is 0 Å². The first-order valence-corrected chi connectivity index (χ1v) is 4.42. The monoisotopic (exact) mass is 202 g/mol. The van der Waals surface area contributed by atoms with Gasteiger partial charge in [0.25, 0.3) is 0 Å². The van der Waals surface area contributed by atoms with Crippen LogP contribution in [0, 0.1) is 0 Å². The predicted molar refractivity (Wildman–Crippen MR) is 56.8 cm³/mol. The van der Waals surface area contributed by atoms with E-state index in [4.69, 9.17) is 5.73 Å². The minimum Gasteiger partial charge on any atom is -0.351 e. The zero-order valence-corrected chi connectivity index (χ0v) is 7.92. The second-order valence-corrected chi connectivity index (χ2v) is 2.99. The molecule has 0 radical (unpaired) electrons. The summed E-state index contributed by atoms with van der Waals surface area (Å²) in [6, 6.07) is 8.51. The maximum absolute atomic E-state index is 10.7. The Balaban J connectivity index is 2.31. The summed E-state index contributed by atoms with van der Waals surface area (Å²) < 4.78 is 1.70. The van der Waals surface area contributed by atoms with Crippen LogP contribution in [0.5, 0.6) is 0 Å². The van der Waals surface area contributed by atoms with Gasteiger partial charge in [0.2, 0.25) is 0 Å². The first-order chi connectivity index (χ1) is 7.25. The molecule has 15 heavy (non-hydrogen) atoms. The molecule has 0 atom stereocenters. The molecule has 3 N–H and O–H groups in total. The third-order valence-electron chi connectivity index (χ3n) is 1.88. The predicted octanol–water partition coefficient (Wildman–Crippen LogP) is 1.36. The van der Waals surface area contributed by atoms with Crippen molar-refractivity contribution >= 4 is 11.7 Å². The standard InChI is InChI=1S/C10H10N4O/c11-10(15)13-8-3-1-4-9(7-8)14-6-2-5-12-14/h1-7H,(H3,11,13,15). The number of carbonyl (C=O) groups excluding carboxylic acids is 1. The van der Waals surface area contributed by atoms with Crippen LogP contribution >= 0.6 is 0 Å². The van der Waals surface area contributed by atoms with E-state index in [9.17, 15) is 4.79 Å². The molecule has 0 aliphatic rings. The average Bonchev–Trinajstić information content (AvgIpc) is 2.69. The maximum atomic E-state index is 10.7. The lowest BCUT2D eigenvalue weighted by atomic mass is 10.3. The average molecular weight is 202 g/mol. The molecule has 0 fully saturated rings. The van der Waals surface area contributed by atoms with Gasteiger partial charge < -0.3 is 11.1 Å². The van der Waals surface area contributed by atoms with Crippen molar-refractivity contribution in [2.45, 2.75) is 0 Å². The molecule has 5 nitrogen and oxygen atoms in total. The van der Waals surface area contributed by atoms with Crippen molar-refractivity contribution in [3.05, 3.63) is 42.7 Å². The van der Waals surface area contributed by atoms with E-state index in [0.717, 1.165) is 5.69 Å². The Kier molecular flexibility index (Phi) is 2.37. The van der Waals surface area contributed by atoms with Gasteiger partial charge in [0.15, 0.2) is 0 Å². The maximum Gasteiger partial charge on any atom is 0.316 e. The second-order valence-electron chi connectivity index (χ2n) is 2.99. The van der Waals surface area contributed by atoms with Crippen LogP contribution in [0.25, 0.3) is 5.69 Å². The molecular formula is C10H10N4O. The molecule has 1 aromatic carbocycles. The number of primary amides is 1. The molecule has 76 valence electrons. The van der Waals surface area contributed by atoms with Gasteiger partial charge in [0, 0.05) is 18.1 Å². The highest BCUT2D eigenvalue weighted by Crippen LogP contribution is 2.13. The van der Waals surface area contributed by atoms with Crippen molar-refractivity contribution in [1.82, 2.24) is 9.78 Å². The Morgan fingerprint density at radius 1 is 1.40 bits per heavy atom. The van der Waals surface area contributed by atoms with Crippen LogP contribution in [0.4, 0.5) is 10.5 Å². The summed E-state index contributed by atoms with van der Waals surface area (Å²) in [5.74, 6) is 0. The Morgan fingerprint density at radius 3 is 2.93 bits per heavy atom. The molecule has 0 saturated heterocycles. The van der Waals surface area contributed by atoms with Gasteiger partial charge >= 0.3 is 6.03 Å². The van der Waals surface area contributed by atoms with E-state index in [1.165, 1.54) is 0 Å². The van der Waals surface area contributed by atoms with Gasteiger partial charge in [-0.2, -0.15) is 5.10 Å². The van der Waals surface area contributed by atoms with Gasteiger partial charge in [-0.05, 0) is 24.3 Å². The largest absolute Gasteiger partial charge is 0.351 e. The summed E-state index contributed by atoms with van der Waals surface area (Å²) in [4.78, 5) is 10.7. The van der Waals surface area contributed by atoms with Crippen LogP contribution in [0.2, 0.25) is 0 Å². The third kappa shape index (κ3) is 2.14. The number of nitrogens with two attached hydrogens (primary N) is 1. The first kappa shape index (κ1) is 9.26. The number of aromatic nitrogens is 2. The molecule has 0 aliphatic heterocycles. The van der Waals surface area contributed by atoms with Crippen LogP contribution < -0.4 is 11.1 Å². The quantitative estimate of drug-likeness (QED) is 0.771. The summed E-state index contributed by atoms with van der Waals surface area (Å²) in [5.41, 5.74) is 6.54. The summed E-state index contributed by atoms with van der Waals surface area (Å²) in [7, 11) is 0. The molecule has 1 aromatic heterocycles. The fraction of sp³-hybridized carbons (Fsp3) is 0. The highest BCUT2D eigenvalue weighted by atomic mass is 16.2. The van der Waals surface area contributed by atoms with Gasteiger partial charge in [-0.1, -0.05) is 6.07 Å². The van der Waals surface area contributed by atoms with Crippen molar-refractivity contribution < 1.29 is 4.79 Å². The molecule has 1 heterocycles. The lowest BCUT2D eigenvalue weighted by Crippen LogP contribution is -2.19. The SMILES string of the molecule is NC(=O)Nc1cccc(-n2cccn2)c1. The number of hydrogen-bond donors (Lipinski definition) is 2. The molecule has 0 unspecified atom stereocenters. The Morgan fingerprint density at radius 2 is 2.27 bits per heavy atom. The summed E-state index contributed by atoms with van der Waals surface area (Å²) in [6.45, 7) is 0. The highest BCUT2D eigenvalue weighted by molar-refractivity contribution is 5.88. The zero-order chi connectivity index (χ0) is 10.7. The Bertz CT molecular complexity index is 464. The topological polar surface area (TPSA) is 72.9 Å². The Hall–Kier alpha value is -2.30. The number of amides is 2. The van der Waals surface area contributed by atoms with E-state index in [0.29, 0.717) is 5.69 Å². The molecule has 0 spiro atoms. The molecule has 0 aliphatic carbocycles. The van der Waals surface area contributed by atoms with E-state index < -0.39 is 6.03 Å². The van der Waals surface area contributed by atoms with Crippen LogP contribution in [0.15, 0.2) is 42.7 Å². The lowest BCUT2D eigenvalue weighted by molar-refractivity contribution is 0.259. The van der Waals surface area contributed by atoms with Gasteiger partial charge in [0.1, 0.15) is 0 Å². The summed E-state index contributed by atoms with van der Waals surface area (Å²) in [5, 5.41) is 6.58. The lowest BCUT2D eigenvalue weighted by Gasteiger charge is -2.05. The van der Waals surface area contributed by atoms with Gasteiger partial charge in [-0.3, -0.25) is 0 Å². The van der Waals surface area contributed by atoms with Gasteiger partial charge in [-0.25, -0.2) is 9.48 Å². The number of benzene rings is 1. The number of nitrogens with zero attached hydrogens (tertiary/aromatic N) is 2. The molecular weight excluding hydrogens is 192 g/mol. The van der Waals surface area contributed by atoms with Crippen molar-refractivity contribution in [2.75, 3.05) is 5.32 Å². The molecule has 2 rings (SSSR count). The van der Waals surface area contributed by atoms with E-state index in [-0.39, 0.29) is 0 Å². The molecule has 5 heteroatoms. The number of rotatable bonds is 2.